The van der Waals surface area contributed by atoms with Gasteiger partial charge in [0.1, 0.15) is 5.39 Å². The quantitative estimate of drug-likeness (QED) is 0.365. The number of benzene rings is 2. The molecule has 29 heavy (non-hydrogen) atoms. The Bertz CT molecular complexity index is 1220. The summed E-state index contributed by atoms with van der Waals surface area (Å²) in [5.41, 5.74) is 1.79. The number of para-hydroxylation sites is 1. The zero-order chi connectivity index (χ0) is 20.2. The van der Waals surface area contributed by atoms with Gasteiger partial charge in [0.25, 0.3) is 5.56 Å². The summed E-state index contributed by atoms with van der Waals surface area (Å²) in [7, 11) is 0. The highest BCUT2D eigenvalue weighted by molar-refractivity contribution is 7.99. The van der Waals surface area contributed by atoms with Gasteiger partial charge in [0.15, 0.2) is 10.8 Å². The lowest BCUT2D eigenvalue weighted by atomic mass is 10.2. The predicted molar refractivity (Wildman–Crippen MR) is 114 cm³/mol. The first kappa shape index (κ1) is 19.2. The number of rotatable bonds is 6. The third-order valence-electron chi connectivity index (χ3n) is 4.19. The number of nitrogens with zero attached hydrogens (tertiary/aromatic N) is 3. The van der Waals surface area contributed by atoms with Gasteiger partial charge in [0.05, 0.1) is 17.6 Å². The van der Waals surface area contributed by atoms with Crippen LogP contribution in [-0.2, 0) is 11.3 Å². The van der Waals surface area contributed by atoms with Gasteiger partial charge < -0.3 is 10.3 Å². The van der Waals surface area contributed by atoms with Crippen LogP contribution in [0.5, 0.6) is 0 Å². The molecule has 0 aliphatic heterocycles. The molecule has 146 valence electrons. The van der Waals surface area contributed by atoms with Gasteiger partial charge in [-0.15, -0.1) is 0 Å². The molecule has 0 radical (unpaired) electrons. The van der Waals surface area contributed by atoms with Crippen LogP contribution in [0.15, 0.2) is 70.7 Å². The van der Waals surface area contributed by atoms with Gasteiger partial charge in [0, 0.05) is 11.6 Å². The lowest BCUT2D eigenvalue weighted by Crippen LogP contribution is -2.25. The molecule has 0 atom stereocenters. The second-order valence-corrected chi connectivity index (χ2v) is 7.53. The largest absolute Gasteiger partial charge is 0.351 e. The van der Waals surface area contributed by atoms with E-state index in [4.69, 9.17) is 11.6 Å². The van der Waals surface area contributed by atoms with Crippen molar-refractivity contribution in [3.63, 3.8) is 0 Å². The fourth-order valence-corrected chi connectivity index (χ4v) is 3.63. The molecule has 1 amide bonds. The van der Waals surface area contributed by atoms with E-state index in [0.29, 0.717) is 27.8 Å². The molecule has 2 N–H and O–H groups in total. The number of aromatic nitrogens is 4. The molecule has 2 heterocycles. The third-order valence-corrected chi connectivity index (χ3v) is 5.43. The van der Waals surface area contributed by atoms with E-state index in [-0.39, 0.29) is 17.2 Å². The van der Waals surface area contributed by atoms with Gasteiger partial charge in [-0.05, 0) is 23.8 Å². The first-order valence-electron chi connectivity index (χ1n) is 8.78. The number of amides is 1. The first-order chi connectivity index (χ1) is 14.1. The van der Waals surface area contributed by atoms with Gasteiger partial charge in [0.2, 0.25) is 5.91 Å². The van der Waals surface area contributed by atoms with Crippen molar-refractivity contribution in [3.05, 3.63) is 81.7 Å². The molecule has 0 spiro atoms. The van der Waals surface area contributed by atoms with E-state index in [2.05, 4.69) is 20.4 Å². The Morgan fingerprint density at radius 1 is 1.14 bits per heavy atom. The summed E-state index contributed by atoms with van der Waals surface area (Å²) in [5, 5.41) is 8.43. The Kier molecular flexibility index (Phi) is 5.64. The zero-order valence-corrected chi connectivity index (χ0v) is 16.7. The van der Waals surface area contributed by atoms with Crippen LogP contribution in [0.25, 0.3) is 16.7 Å². The molecular weight excluding hydrogens is 410 g/mol. The Balaban J connectivity index is 1.47. The minimum Gasteiger partial charge on any atom is -0.351 e. The predicted octanol–water partition coefficient (Wildman–Crippen LogP) is 3.17. The van der Waals surface area contributed by atoms with Crippen LogP contribution in [0.1, 0.15) is 5.56 Å². The molecular formula is C20H16ClN5O2S. The fraction of sp³-hybridized carbons (Fsp3) is 0.100. The van der Waals surface area contributed by atoms with E-state index < -0.39 is 0 Å². The number of aromatic amines is 1. The molecule has 2 aromatic heterocycles. The fourth-order valence-electron chi connectivity index (χ4n) is 2.75. The summed E-state index contributed by atoms with van der Waals surface area (Å²) in [4.78, 5) is 31.7. The number of carbonyl (C=O) groups excluding carboxylic acids is 1. The second-order valence-electron chi connectivity index (χ2n) is 6.16. The molecule has 0 aliphatic carbocycles. The van der Waals surface area contributed by atoms with Crippen molar-refractivity contribution < 1.29 is 4.79 Å². The van der Waals surface area contributed by atoms with Gasteiger partial charge in [-0.3, -0.25) is 9.59 Å². The summed E-state index contributed by atoms with van der Waals surface area (Å²) in [5.74, 6) is -0.0764. The number of halogens is 1. The van der Waals surface area contributed by atoms with Crippen LogP contribution in [0.4, 0.5) is 0 Å². The van der Waals surface area contributed by atoms with Crippen molar-refractivity contribution in [2.45, 2.75) is 11.7 Å². The van der Waals surface area contributed by atoms with Crippen molar-refractivity contribution in [1.29, 1.82) is 0 Å². The zero-order valence-electron chi connectivity index (χ0n) is 15.1. The molecule has 0 fully saturated rings. The highest BCUT2D eigenvalue weighted by Gasteiger charge is 2.13. The second kappa shape index (κ2) is 8.50. The van der Waals surface area contributed by atoms with Crippen molar-refractivity contribution >= 4 is 40.3 Å². The average molecular weight is 426 g/mol. The number of carbonyl (C=O) groups is 1. The number of thioether (sulfide) groups is 1. The Morgan fingerprint density at radius 2 is 1.90 bits per heavy atom. The lowest BCUT2D eigenvalue weighted by molar-refractivity contribution is -0.118. The summed E-state index contributed by atoms with van der Waals surface area (Å²) < 4.78 is 1.60. The van der Waals surface area contributed by atoms with Gasteiger partial charge in [-0.25, -0.2) is 9.67 Å². The van der Waals surface area contributed by atoms with E-state index in [9.17, 15) is 9.59 Å². The molecule has 0 bridgehead atoms. The maximum atomic E-state index is 12.4. The molecule has 4 rings (SSSR count). The Hall–Kier alpha value is -3.10. The molecule has 4 aromatic rings. The average Bonchev–Trinajstić information content (AvgIpc) is 3.17. The minimum absolute atomic E-state index is 0.109. The summed E-state index contributed by atoms with van der Waals surface area (Å²) in [6.07, 6.45) is 1.49. The van der Waals surface area contributed by atoms with Crippen LogP contribution in [0.2, 0.25) is 5.02 Å². The molecule has 9 heteroatoms. The van der Waals surface area contributed by atoms with Crippen LogP contribution in [-0.4, -0.2) is 31.4 Å². The SMILES string of the molecule is O=C(CSc1nc2c(cnn2-c2ccccc2)c(=O)[nH]1)NCc1ccccc1Cl. The topological polar surface area (TPSA) is 92.7 Å². The number of hydrogen-bond donors (Lipinski definition) is 2. The molecule has 7 nitrogen and oxygen atoms in total. The van der Waals surface area contributed by atoms with E-state index in [1.165, 1.54) is 6.20 Å². The standard InChI is InChI=1S/C20H16ClN5O2S/c21-16-9-5-4-6-13(16)10-22-17(27)12-29-20-24-18-15(19(28)25-20)11-23-26(18)14-7-2-1-3-8-14/h1-9,11H,10,12H2,(H,22,27)(H,24,25,28). The molecule has 0 saturated carbocycles. The first-order valence-corrected chi connectivity index (χ1v) is 10.1. The van der Waals surface area contributed by atoms with E-state index >= 15 is 0 Å². The smallest absolute Gasteiger partial charge is 0.262 e. The monoisotopic (exact) mass is 425 g/mol. The Morgan fingerprint density at radius 3 is 2.69 bits per heavy atom. The maximum absolute atomic E-state index is 12.4. The van der Waals surface area contributed by atoms with Crippen molar-refractivity contribution in [2.24, 2.45) is 0 Å². The van der Waals surface area contributed by atoms with E-state index in [0.717, 1.165) is 23.0 Å². The molecule has 0 unspecified atom stereocenters. The molecule has 2 aromatic carbocycles. The Labute approximate surface area is 175 Å². The highest BCUT2D eigenvalue weighted by Crippen LogP contribution is 2.18. The van der Waals surface area contributed by atoms with Crippen molar-refractivity contribution in [1.82, 2.24) is 25.1 Å². The normalized spacial score (nSPS) is 10.9. The third kappa shape index (κ3) is 4.33. The van der Waals surface area contributed by atoms with Gasteiger partial charge >= 0.3 is 0 Å². The van der Waals surface area contributed by atoms with Crippen molar-refractivity contribution in [2.75, 3.05) is 5.75 Å². The van der Waals surface area contributed by atoms with Gasteiger partial charge in [-0.1, -0.05) is 59.8 Å². The van der Waals surface area contributed by atoms with Crippen LogP contribution < -0.4 is 10.9 Å². The van der Waals surface area contributed by atoms with Crippen LogP contribution in [0, 0.1) is 0 Å². The molecule has 0 saturated heterocycles. The van der Waals surface area contributed by atoms with Crippen molar-refractivity contribution in [3.8, 4) is 5.69 Å². The molecule has 0 aliphatic rings. The van der Waals surface area contributed by atoms with E-state index in [1.54, 1.807) is 10.7 Å². The van der Waals surface area contributed by atoms with Crippen LogP contribution in [0.3, 0.4) is 0 Å². The maximum Gasteiger partial charge on any atom is 0.262 e. The number of fused-ring (bicyclic) bond motifs is 1. The lowest BCUT2D eigenvalue weighted by Gasteiger charge is -2.07. The number of H-pyrrole nitrogens is 1. The van der Waals surface area contributed by atoms with E-state index in [1.807, 2.05) is 48.5 Å². The number of nitrogens with one attached hydrogen (secondary N) is 2. The number of hydrogen-bond acceptors (Lipinski definition) is 5. The summed E-state index contributed by atoms with van der Waals surface area (Å²) in [6, 6.07) is 16.8. The summed E-state index contributed by atoms with van der Waals surface area (Å²) >= 11 is 7.25. The minimum atomic E-state index is -0.295. The van der Waals surface area contributed by atoms with Crippen LogP contribution >= 0.6 is 23.4 Å². The highest BCUT2D eigenvalue weighted by atomic mass is 35.5. The summed E-state index contributed by atoms with van der Waals surface area (Å²) in [6.45, 7) is 0.336. The van der Waals surface area contributed by atoms with Gasteiger partial charge in [-0.2, -0.15) is 5.10 Å².